The molecule has 146 valence electrons. The van der Waals surface area contributed by atoms with E-state index in [0.717, 1.165) is 25.9 Å². The van der Waals surface area contributed by atoms with Gasteiger partial charge >= 0.3 is 0 Å². The maximum absolute atomic E-state index is 14.5. The molecular weight excluding hydrogens is 347 g/mol. The van der Waals surface area contributed by atoms with Gasteiger partial charge in [-0.05, 0) is 32.0 Å². The molecule has 2 aliphatic heterocycles. The van der Waals surface area contributed by atoms with E-state index in [0.29, 0.717) is 13.1 Å². The molecule has 1 saturated heterocycles. The number of aliphatic hydroxyl groups excluding tert-OH is 1. The third kappa shape index (κ3) is 3.90. The van der Waals surface area contributed by atoms with Crippen LogP contribution in [0.4, 0.5) is 4.39 Å². The Bertz CT molecular complexity index is 754. The van der Waals surface area contributed by atoms with Gasteiger partial charge in [-0.2, -0.15) is 0 Å². The lowest BCUT2D eigenvalue weighted by Crippen LogP contribution is -2.40. The number of likely N-dealkylation sites (tertiary alicyclic amines) is 1. The minimum Gasteiger partial charge on any atom is -0.503 e. The van der Waals surface area contributed by atoms with Gasteiger partial charge in [0.05, 0.1) is 11.6 Å². The number of amides is 1. The number of halogens is 1. The number of aliphatic hydroxyl groups is 1. The van der Waals surface area contributed by atoms with Gasteiger partial charge in [0.25, 0.3) is 5.91 Å². The number of rotatable bonds is 6. The van der Waals surface area contributed by atoms with Gasteiger partial charge in [-0.3, -0.25) is 9.59 Å². The lowest BCUT2D eigenvalue weighted by molar-refractivity contribution is -0.129. The number of piperidine rings is 1. The van der Waals surface area contributed by atoms with E-state index < -0.39 is 29.4 Å². The Labute approximate surface area is 159 Å². The highest BCUT2D eigenvalue weighted by molar-refractivity contribution is 6.09. The van der Waals surface area contributed by atoms with E-state index in [1.54, 1.807) is 32.0 Å². The van der Waals surface area contributed by atoms with Gasteiger partial charge in [-0.25, -0.2) is 4.39 Å². The molecule has 6 heteroatoms. The Morgan fingerprint density at radius 3 is 2.48 bits per heavy atom. The van der Waals surface area contributed by atoms with Crippen molar-refractivity contribution in [2.45, 2.75) is 39.2 Å². The summed E-state index contributed by atoms with van der Waals surface area (Å²) in [6.45, 7) is 6.36. The van der Waals surface area contributed by atoms with Gasteiger partial charge in [-0.15, -0.1) is 0 Å². The molecule has 1 fully saturated rings. The van der Waals surface area contributed by atoms with Crippen LogP contribution in [-0.4, -0.2) is 52.8 Å². The Morgan fingerprint density at radius 1 is 1.19 bits per heavy atom. The first kappa shape index (κ1) is 19.5. The summed E-state index contributed by atoms with van der Waals surface area (Å²) in [5.74, 6) is -2.34. The van der Waals surface area contributed by atoms with Gasteiger partial charge < -0.3 is 14.9 Å². The molecule has 1 aromatic carbocycles. The van der Waals surface area contributed by atoms with Crippen LogP contribution in [0.3, 0.4) is 0 Å². The summed E-state index contributed by atoms with van der Waals surface area (Å²) in [6, 6.07) is 5.26. The number of carbonyl (C=O) groups is 2. The van der Waals surface area contributed by atoms with Crippen molar-refractivity contribution in [3.05, 3.63) is 47.0 Å². The van der Waals surface area contributed by atoms with Crippen LogP contribution in [0.25, 0.3) is 0 Å². The second kappa shape index (κ2) is 8.21. The van der Waals surface area contributed by atoms with Gasteiger partial charge in [0.1, 0.15) is 5.82 Å². The molecule has 1 aromatic rings. The van der Waals surface area contributed by atoms with Crippen molar-refractivity contribution in [3.63, 3.8) is 0 Å². The average molecular weight is 374 g/mol. The van der Waals surface area contributed by atoms with E-state index >= 15 is 0 Å². The number of hydrogen-bond acceptors (Lipinski definition) is 4. The van der Waals surface area contributed by atoms with Crippen LogP contribution in [0.5, 0.6) is 0 Å². The highest BCUT2D eigenvalue weighted by Gasteiger charge is 2.44. The van der Waals surface area contributed by atoms with Crippen molar-refractivity contribution in [3.8, 4) is 0 Å². The summed E-state index contributed by atoms with van der Waals surface area (Å²) in [4.78, 5) is 29.2. The van der Waals surface area contributed by atoms with E-state index in [4.69, 9.17) is 0 Å². The molecular formula is C21H27FN2O3. The highest BCUT2D eigenvalue weighted by atomic mass is 19.1. The summed E-state index contributed by atoms with van der Waals surface area (Å²) >= 11 is 0. The smallest absolute Gasteiger partial charge is 0.290 e. The summed E-state index contributed by atoms with van der Waals surface area (Å²) < 4.78 is 14.5. The van der Waals surface area contributed by atoms with E-state index in [9.17, 15) is 19.1 Å². The van der Waals surface area contributed by atoms with Crippen molar-refractivity contribution in [2.24, 2.45) is 5.92 Å². The van der Waals surface area contributed by atoms with Crippen molar-refractivity contribution >= 4 is 11.7 Å². The fourth-order valence-corrected chi connectivity index (χ4v) is 3.90. The summed E-state index contributed by atoms with van der Waals surface area (Å²) in [5.41, 5.74) is 0.260. The number of nitrogens with zero attached hydrogens (tertiary/aromatic N) is 2. The Kier molecular flexibility index (Phi) is 5.95. The second-order valence-electron chi connectivity index (χ2n) is 7.61. The third-order valence-corrected chi connectivity index (χ3v) is 5.40. The number of hydrogen-bond donors (Lipinski definition) is 1. The SMILES string of the molecule is CC(C)C(=O)C1=C(O)C(=O)N(CCN2CCCCC2)C1c1ccccc1F. The van der Waals surface area contributed by atoms with Crippen molar-refractivity contribution in [2.75, 3.05) is 26.2 Å². The summed E-state index contributed by atoms with van der Waals surface area (Å²) in [7, 11) is 0. The maximum atomic E-state index is 14.5. The minimum atomic E-state index is -0.876. The highest BCUT2D eigenvalue weighted by Crippen LogP contribution is 2.39. The quantitative estimate of drug-likeness (QED) is 0.830. The standard InChI is InChI=1S/C21H27FN2O3/c1-14(2)19(25)17-18(15-8-4-5-9-16(15)22)24(21(27)20(17)26)13-12-23-10-6-3-7-11-23/h4-5,8-9,14,18,26H,3,6-7,10-13H2,1-2H3. The molecule has 1 N–H and O–H groups in total. The van der Waals surface area contributed by atoms with E-state index in [1.807, 2.05) is 0 Å². The molecule has 0 saturated carbocycles. The molecule has 0 aliphatic carbocycles. The number of Topliss-reactive ketones (excluding diaryl/α,β-unsaturated/α-hetero) is 1. The zero-order chi connectivity index (χ0) is 19.6. The molecule has 0 aromatic heterocycles. The average Bonchev–Trinajstić information content (AvgIpc) is 2.91. The number of benzene rings is 1. The first-order valence-corrected chi connectivity index (χ1v) is 9.67. The van der Waals surface area contributed by atoms with Crippen LogP contribution in [0, 0.1) is 11.7 Å². The molecule has 0 spiro atoms. The van der Waals surface area contributed by atoms with Crippen LogP contribution in [0.15, 0.2) is 35.6 Å². The summed E-state index contributed by atoms with van der Waals surface area (Å²) in [6.07, 6.45) is 3.48. The molecule has 2 aliphatic rings. The lowest BCUT2D eigenvalue weighted by atomic mass is 9.91. The van der Waals surface area contributed by atoms with Gasteiger partial charge in [0, 0.05) is 24.6 Å². The van der Waals surface area contributed by atoms with Crippen LogP contribution in [0.2, 0.25) is 0 Å². The molecule has 5 nitrogen and oxygen atoms in total. The zero-order valence-electron chi connectivity index (χ0n) is 15.9. The van der Waals surface area contributed by atoms with Crippen molar-refractivity contribution < 1.29 is 19.1 Å². The fraction of sp³-hybridized carbons (Fsp3) is 0.524. The van der Waals surface area contributed by atoms with Crippen LogP contribution < -0.4 is 0 Å². The predicted molar refractivity (Wildman–Crippen MR) is 101 cm³/mol. The maximum Gasteiger partial charge on any atom is 0.290 e. The van der Waals surface area contributed by atoms with Gasteiger partial charge in [-0.1, -0.05) is 38.5 Å². The van der Waals surface area contributed by atoms with Crippen LogP contribution in [-0.2, 0) is 9.59 Å². The van der Waals surface area contributed by atoms with Crippen molar-refractivity contribution in [1.29, 1.82) is 0 Å². The first-order chi connectivity index (χ1) is 12.9. The van der Waals surface area contributed by atoms with Crippen LogP contribution in [0.1, 0.15) is 44.7 Å². The van der Waals surface area contributed by atoms with E-state index in [1.165, 1.54) is 17.4 Å². The van der Waals surface area contributed by atoms with Crippen LogP contribution >= 0.6 is 0 Å². The monoisotopic (exact) mass is 374 g/mol. The molecule has 3 rings (SSSR count). The number of ketones is 1. The molecule has 1 atom stereocenters. The molecule has 0 radical (unpaired) electrons. The molecule has 1 unspecified atom stereocenters. The molecule has 27 heavy (non-hydrogen) atoms. The minimum absolute atomic E-state index is 0.0127. The fourth-order valence-electron chi connectivity index (χ4n) is 3.90. The van der Waals surface area contributed by atoms with Crippen molar-refractivity contribution in [1.82, 2.24) is 9.80 Å². The van der Waals surface area contributed by atoms with Gasteiger partial charge in [0.15, 0.2) is 11.5 Å². The summed E-state index contributed by atoms with van der Waals surface area (Å²) in [5, 5.41) is 10.4. The topological polar surface area (TPSA) is 60.9 Å². The zero-order valence-corrected chi connectivity index (χ0v) is 15.9. The third-order valence-electron chi connectivity index (χ3n) is 5.40. The normalized spacial score (nSPS) is 21.4. The molecule has 0 bridgehead atoms. The largest absolute Gasteiger partial charge is 0.503 e. The predicted octanol–water partition coefficient (Wildman–Crippen LogP) is 3.23. The van der Waals surface area contributed by atoms with Gasteiger partial charge in [0.2, 0.25) is 0 Å². The lowest BCUT2D eigenvalue weighted by Gasteiger charge is -2.32. The molecule has 1 amide bonds. The Hall–Kier alpha value is -2.21. The first-order valence-electron chi connectivity index (χ1n) is 9.67. The Morgan fingerprint density at radius 2 is 1.85 bits per heavy atom. The number of carbonyl (C=O) groups excluding carboxylic acids is 2. The second-order valence-corrected chi connectivity index (χ2v) is 7.61. The molecule has 2 heterocycles. The van der Waals surface area contributed by atoms with E-state index in [2.05, 4.69) is 4.90 Å². The van der Waals surface area contributed by atoms with E-state index in [-0.39, 0.29) is 16.9 Å². The Balaban J connectivity index is 1.92.